The van der Waals surface area contributed by atoms with Gasteiger partial charge >= 0.3 is 5.97 Å². The summed E-state index contributed by atoms with van der Waals surface area (Å²) in [6, 6.07) is 14.8. The van der Waals surface area contributed by atoms with Crippen LogP contribution < -0.4 is 4.74 Å². The lowest BCUT2D eigenvalue weighted by Gasteiger charge is -2.07. The Labute approximate surface area is 154 Å². The van der Waals surface area contributed by atoms with Gasteiger partial charge in [0.25, 0.3) is 0 Å². The van der Waals surface area contributed by atoms with Crippen LogP contribution in [0.25, 0.3) is 16.9 Å². The molecule has 0 aliphatic carbocycles. The molecule has 6 heteroatoms. The zero-order valence-corrected chi connectivity index (χ0v) is 15.4. The summed E-state index contributed by atoms with van der Waals surface area (Å²) in [5.41, 5.74) is 2.93. The minimum Gasteiger partial charge on any atom is -0.497 e. The van der Waals surface area contributed by atoms with E-state index in [4.69, 9.17) is 4.74 Å². The van der Waals surface area contributed by atoms with Crippen molar-refractivity contribution in [1.29, 1.82) is 0 Å². The van der Waals surface area contributed by atoms with Crippen LogP contribution in [0.4, 0.5) is 0 Å². The molecule has 0 spiro atoms. The smallest absolute Gasteiger partial charge is 0.339 e. The molecule has 0 amide bonds. The van der Waals surface area contributed by atoms with E-state index in [1.165, 1.54) is 0 Å². The van der Waals surface area contributed by atoms with Gasteiger partial charge in [0.15, 0.2) is 0 Å². The molecule has 0 atom stereocenters. The van der Waals surface area contributed by atoms with Crippen molar-refractivity contribution in [1.82, 2.24) is 9.78 Å². The van der Waals surface area contributed by atoms with Crippen LogP contribution in [0.5, 0.6) is 5.75 Å². The van der Waals surface area contributed by atoms with Gasteiger partial charge in [-0.05, 0) is 42.8 Å². The van der Waals surface area contributed by atoms with Gasteiger partial charge in [0.1, 0.15) is 17.0 Å². The van der Waals surface area contributed by atoms with E-state index >= 15 is 0 Å². The van der Waals surface area contributed by atoms with E-state index < -0.39 is 5.97 Å². The fraction of sp³-hybridized carbons (Fsp3) is 0.158. The number of halogens is 1. The van der Waals surface area contributed by atoms with E-state index in [0.29, 0.717) is 17.8 Å². The summed E-state index contributed by atoms with van der Waals surface area (Å²) >= 11 is 3.40. The number of methoxy groups -OCH3 is 1. The highest BCUT2D eigenvalue weighted by molar-refractivity contribution is 9.10. The van der Waals surface area contributed by atoms with Gasteiger partial charge in [-0.25, -0.2) is 9.48 Å². The van der Waals surface area contributed by atoms with Gasteiger partial charge in [0.2, 0.25) is 0 Å². The first-order valence-electron chi connectivity index (χ1n) is 7.80. The molecule has 0 fully saturated rings. The summed E-state index contributed by atoms with van der Waals surface area (Å²) < 4.78 is 7.80. The SMILES string of the molecule is CCc1c(C(=O)O)c(-c2ccc(Br)cc2)nn1-c1ccc(OC)cc1. The molecule has 0 aliphatic heterocycles. The van der Waals surface area contributed by atoms with Crippen LogP contribution in [-0.4, -0.2) is 28.0 Å². The summed E-state index contributed by atoms with van der Waals surface area (Å²) in [6.07, 6.45) is 0.553. The van der Waals surface area contributed by atoms with Gasteiger partial charge in [-0.1, -0.05) is 35.0 Å². The fourth-order valence-electron chi connectivity index (χ4n) is 2.75. The summed E-state index contributed by atoms with van der Waals surface area (Å²) in [7, 11) is 1.61. The van der Waals surface area contributed by atoms with Crippen LogP contribution in [0, 0.1) is 0 Å². The third kappa shape index (κ3) is 3.30. The van der Waals surface area contributed by atoms with Gasteiger partial charge in [-0.3, -0.25) is 0 Å². The van der Waals surface area contributed by atoms with Crippen molar-refractivity contribution in [2.24, 2.45) is 0 Å². The molecule has 0 unspecified atom stereocenters. The zero-order valence-electron chi connectivity index (χ0n) is 13.9. The highest BCUT2D eigenvalue weighted by atomic mass is 79.9. The van der Waals surface area contributed by atoms with E-state index in [-0.39, 0.29) is 5.56 Å². The van der Waals surface area contributed by atoms with Gasteiger partial charge in [-0.2, -0.15) is 5.10 Å². The first kappa shape index (κ1) is 17.2. The molecule has 128 valence electrons. The van der Waals surface area contributed by atoms with E-state index in [1.54, 1.807) is 11.8 Å². The standard InChI is InChI=1S/C19H17BrN2O3/c1-3-16-17(19(23)24)18(12-4-6-13(20)7-5-12)21-22(16)14-8-10-15(25-2)11-9-14/h4-11H,3H2,1-2H3,(H,23,24). The maximum Gasteiger partial charge on any atom is 0.339 e. The molecule has 1 heterocycles. The van der Waals surface area contributed by atoms with Crippen molar-refractivity contribution in [2.75, 3.05) is 7.11 Å². The average molecular weight is 401 g/mol. The minimum atomic E-state index is -0.977. The van der Waals surface area contributed by atoms with Crippen LogP contribution in [-0.2, 0) is 6.42 Å². The third-order valence-electron chi connectivity index (χ3n) is 3.96. The number of aromatic carboxylic acids is 1. The molecule has 5 nitrogen and oxygen atoms in total. The molecule has 0 saturated heterocycles. The lowest BCUT2D eigenvalue weighted by molar-refractivity contribution is 0.0696. The van der Waals surface area contributed by atoms with Crippen molar-refractivity contribution in [3.8, 4) is 22.7 Å². The van der Waals surface area contributed by atoms with Gasteiger partial charge in [0, 0.05) is 10.0 Å². The molecule has 3 aromatic rings. The maximum absolute atomic E-state index is 11.9. The van der Waals surface area contributed by atoms with Crippen LogP contribution >= 0.6 is 15.9 Å². The van der Waals surface area contributed by atoms with Crippen LogP contribution in [0.15, 0.2) is 53.0 Å². The molecule has 25 heavy (non-hydrogen) atoms. The Kier molecular flexibility index (Phi) is 4.90. The maximum atomic E-state index is 11.9. The number of hydrogen-bond donors (Lipinski definition) is 1. The van der Waals surface area contributed by atoms with Crippen molar-refractivity contribution in [2.45, 2.75) is 13.3 Å². The molecule has 2 aromatic carbocycles. The second-order valence-electron chi connectivity index (χ2n) is 5.45. The number of ether oxygens (including phenoxy) is 1. The van der Waals surface area contributed by atoms with Crippen molar-refractivity contribution in [3.05, 3.63) is 64.3 Å². The Balaban J connectivity index is 2.20. The Hall–Kier alpha value is -2.60. The number of carbonyl (C=O) groups is 1. The average Bonchev–Trinajstić information content (AvgIpc) is 3.02. The van der Waals surface area contributed by atoms with E-state index in [1.807, 2.05) is 55.5 Å². The van der Waals surface area contributed by atoms with E-state index in [0.717, 1.165) is 21.5 Å². The molecule has 3 rings (SSSR count). The summed E-state index contributed by atoms with van der Waals surface area (Å²) in [6.45, 7) is 1.93. The molecule has 0 saturated carbocycles. The zero-order chi connectivity index (χ0) is 18.0. The number of hydrogen-bond acceptors (Lipinski definition) is 3. The fourth-order valence-corrected chi connectivity index (χ4v) is 3.02. The second kappa shape index (κ2) is 7.11. The van der Waals surface area contributed by atoms with Gasteiger partial charge in [-0.15, -0.1) is 0 Å². The largest absolute Gasteiger partial charge is 0.497 e. The number of carboxylic acid groups (broad SMARTS) is 1. The highest BCUT2D eigenvalue weighted by Gasteiger charge is 2.24. The Morgan fingerprint density at radius 3 is 2.32 bits per heavy atom. The minimum absolute atomic E-state index is 0.237. The molecule has 0 bridgehead atoms. The number of carboxylic acids is 1. The van der Waals surface area contributed by atoms with E-state index in [9.17, 15) is 9.90 Å². The summed E-state index contributed by atoms with van der Waals surface area (Å²) in [5, 5.41) is 14.4. The molecular weight excluding hydrogens is 384 g/mol. The number of benzene rings is 2. The number of nitrogens with zero attached hydrogens (tertiary/aromatic N) is 2. The van der Waals surface area contributed by atoms with Crippen LogP contribution in [0.2, 0.25) is 0 Å². The predicted molar refractivity (Wildman–Crippen MR) is 99.6 cm³/mol. The molecule has 0 radical (unpaired) electrons. The molecule has 1 aromatic heterocycles. The summed E-state index contributed by atoms with van der Waals surface area (Å²) in [5.74, 6) is -0.241. The number of rotatable bonds is 5. The summed E-state index contributed by atoms with van der Waals surface area (Å²) in [4.78, 5) is 11.9. The normalized spacial score (nSPS) is 10.7. The van der Waals surface area contributed by atoms with Crippen molar-refractivity contribution in [3.63, 3.8) is 0 Å². The lowest BCUT2D eigenvalue weighted by atomic mass is 10.0. The van der Waals surface area contributed by atoms with E-state index in [2.05, 4.69) is 21.0 Å². The monoisotopic (exact) mass is 400 g/mol. The topological polar surface area (TPSA) is 64.3 Å². The quantitative estimate of drug-likeness (QED) is 0.680. The molecular formula is C19H17BrN2O3. The van der Waals surface area contributed by atoms with Crippen molar-refractivity contribution >= 4 is 21.9 Å². The lowest BCUT2D eigenvalue weighted by Crippen LogP contribution is -2.05. The third-order valence-corrected chi connectivity index (χ3v) is 4.49. The van der Waals surface area contributed by atoms with Gasteiger partial charge < -0.3 is 9.84 Å². The Morgan fingerprint density at radius 1 is 1.16 bits per heavy atom. The first-order valence-corrected chi connectivity index (χ1v) is 8.60. The van der Waals surface area contributed by atoms with Crippen molar-refractivity contribution < 1.29 is 14.6 Å². The Bertz CT molecular complexity index is 900. The van der Waals surface area contributed by atoms with Crippen LogP contribution in [0.1, 0.15) is 23.0 Å². The van der Waals surface area contributed by atoms with Gasteiger partial charge in [0.05, 0.1) is 18.5 Å². The molecule has 1 N–H and O–H groups in total. The Morgan fingerprint density at radius 2 is 1.80 bits per heavy atom. The number of aromatic nitrogens is 2. The highest BCUT2D eigenvalue weighted by Crippen LogP contribution is 2.29. The molecule has 0 aliphatic rings. The second-order valence-corrected chi connectivity index (χ2v) is 6.36. The first-order chi connectivity index (χ1) is 12.0. The van der Waals surface area contributed by atoms with Crippen LogP contribution in [0.3, 0.4) is 0 Å². The predicted octanol–water partition coefficient (Wildman–Crippen LogP) is 4.57.